The van der Waals surface area contributed by atoms with E-state index in [0.717, 1.165) is 83.9 Å². The molecule has 28 heavy (non-hydrogen) atoms. The van der Waals surface area contributed by atoms with Crippen LogP contribution in [0.25, 0.3) is 0 Å². The van der Waals surface area contributed by atoms with Gasteiger partial charge in [0.15, 0.2) is 0 Å². The van der Waals surface area contributed by atoms with E-state index in [1.165, 1.54) is 0 Å². The second-order valence-electron chi connectivity index (χ2n) is 8.99. The highest BCUT2D eigenvalue weighted by molar-refractivity contribution is 5.92. The van der Waals surface area contributed by atoms with E-state index >= 15 is 0 Å². The highest BCUT2D eigenvalue weighted by Gasteiger charge is 2.45. The molecule has 1 aromatic heterocycles. The molecule has 3 saturated heterocycles. The Morgan fingerprint density at radius 2 is 2.07 bits per heavy atom. The molecule has 7 heteroatoms. The highest BCUT2D eigenvalue weighted by atomic mass is 16.5. The van der Waals surface area contributed by atoms with Crippen molar-refractivity contribution in [3.63, 3.8) is 0 Å². The lowest BCUT2D eigenvalue weighted by molar-refractivity contribution is -0.0453. The topological polar surface area (TPSA) is 53.8 Å². The van der Waals surface area contributed by atoms with Gasteiger partial charge in [-0.25, -0.2) is 0 Å². The number of amides is 1. The smallest absolute Gasteiger partial charge is 0.272 e. The molecule has 4 heterocycles. The summed E-state index contributed by atoms with van der Waals surface area (Å²) in [4.78, 5) is 20.1. The van der Waals surface area contributed by atoms with Crippen molar-refractivity contribution in [3.05, 3.63) is 17.5 Å². The van der Waals surface area contributed by atoms with Gasteiger partial charge >= 0.3 is 0 Å². The standard InChI is InChI=1S/C21H35N5O2/c1-4-26-19(12-17(2)22-26)20(27)25-7-5-6-21(16-25)13-18(15-28-21)14-24-10-8-23(3)9-11-24/h12,18H,4-11,13-16H2,1-3H3/t18-,21+/m1/s1. The summed E-state index contributed by atoms with van der Waals surface area (Å²) in [5.74, 6) is 0.689. The first-order valence-electron chi connectivity index (χ1n) is 10.9. The van der Waals surface area contributed by atoms with Gasteiger partial charge in [0.05, 0.1) is 24.4 Å². The maximum Gasteiger partial charge on any atom is 0.272 e. The molecule has 0 unspecified atom stereocenters. The average molecular weight is 390 g/mol. The first kappa shape index (κ1) is 19.9. The molecule has 1 aromatic rings. The summed E-state index contributed by atoms with van der Waals surface area (Å²) in [7, 11) is 2.20. The maximum absolute atomic E-state index is 13.2. The number of carbonyl (C=O) groups excluding carboxylic acids is 1. The summed E-state index contributed by atoms with van der Waals surface area (Å²) < 4.78 is 8.21. The molecule has 7 nitrogen and oxygen atoms in total. The summed E-state index contributed by atoms with van der Waals surface area (Å²) in [6.45, 7) is 12.8. The van der Waals surface area contributed by atoms with Gasteiger partial charge in [-0.1, -0.05) is 0 Å². The van der Waals surface area contributed by atoms with Crippen LogP contribution in [0.5, 0.6) is 0 Å². The number of hydrogen-bond acceptors (Lipinski definition) is 5. The van der Waals surface area contributed by atoms with E-state index in [0.29, 0.717) is 11.6 Å². The van der Waals surface area contributed by atoms with Gasteiger partial charge in [0.1, 0.15) is 5.69 Å². The van der Waals surface area contributed by atoms with E-state index in [1.54, 1.807) is 0 Å². The fraction of sp³-hybridized carbons (Fsp3) is 0.810. The van der Waals surface area contributed by atoms with Crippen molar-refractivity contribution in [2.24, 2.45) is 5.92 Å². The van der Waals surface area contributed by atoms with Gasteiger partial charge in [-0.3, -0.25) is 9.48 Å². The van der Waals surface area contributed by atoms with E-state index in [4.69, 9.17) is 4.74 Å². The van der Waals surface area contributed by atoms with Crippen molar-refractivity contribution in [3.8, 4) is 0 Å². The van der Waals surface area contributed by atoms with Crippen molar-refractivity contribution in [2.45, 2.75) is 45.3 Å². The summed E-state index contributed by atoms with van der Waals surface area (Å²) in [6.07, 6.45) is 3.17. The Balaban J connectivity index is 1.37. The third-order valence-electron chi connectivity index (χ3n) is 6.65. The number of rotatable bonds is 4. The van der Waals surface area contributed by atoms with Gasteiger partial charge in [-0.2, -0.15) is 5.10 Å². The van der Waals surface area contributed by atoms with Crippen molar-refractivity contribution >= 4 is 5.91 Å². The molecule has 0 aromatic carbocycles. The van der Waals surface area contributed by atoms with Gasteiger partial charge in [0.2, 0.25) is 0 Å². The van der Waals surface area contributed by atoms with Crippen molar-refractivity contribution in [1.29, 1.82) is 0 Å². The zero-order valence-electron chi connectivity index (χ0n) is 17.7. The van der Waals surface area contributed by atoms with Crippen molar-refractivity contribution < 1.29 is 9.53 Å². The Labute approximate surface area is 168 Å². The van der Waals surface area contributed by atoms with Gasteiger partial charge in [-0.15, -0.1) is 0 Å². The Kier molecular flexibility index (Phi) is 5.76. The molecule has 1 amide bonds. The SMILES string of the molecule is CCn1nc(C)cc1C(=O)N1CCC[C@]2(C[C@H](CN3CCN(C)CC3)CO2)C1. The maximum atomic E-state index is 13.2. The molecule has 1 spiro atoms. The van der Waals surface area contributed by atoms with Crippen molar-refractivity contribution in [2.75, 3.05) is 59.5 Å². The number of likely N-dealkylation sites (N-methyl/N-ethyl adjacent to an activating group) is 1. The third-order valence-corrected chi connectivity index (χ3v) is 6.65. The first-order valence-corrected chi connectivity index (χ1v) is 10.9. The molecule has 3 aliphatic rings. The zero-order chi connectivity index (χ0) is 19.7. The molecule has 0 aliphatic carbocycles. The van der Waals surface area contributed by atoms with E-state index in [1.807, 2.05) is 29.5 Å². The van der Waals surface area contributed by atoms with Crippen LogP contribution in [0.1, 0.15) is 42.4 Å². The summed E-state index contributed by atoms with van der Waals surface area (Å²) in [6, 6.07) is 1.92. The fourth-order valence-electron chi connectivity index (χ4n) is 5.13. The number of hydrogen-bond donors (Lipinski definition) is 0. The number of nitrogens with zero attached hydrogens (tertiary/aromatic N) is 5. The van der Waals surface area contributed by atoms with Gasteiger partial charge in [-0.05, 0) is 52.1 Å². The minimum Gasteiger partial charge on any atom is -0.373 e. The number of carbonyl (C=O) groups is 1. The van der Waals surface area contributed by atoms with E-state index in [-0.39, 0.29) is 11.5 Å². The molecule has 4 rings (SSSR count). The number of piperazine rings is 1. The minimum atomic E-state index is -0.142. The molecule has 0 radical (unpaired) electrons. The Morgan fingerprint density at radius 3 is 2.82 bits per heavy atom. The molecule has 3 fully saturated rings. The van der Waals surface area contributed by atoms with Gasteiger partial charge in [0, 0.05) is 45.8 Å². The Bertz CT molecular complexity index is 697. The Hall–Kier alpha value is -1.44. The van der Waals surface area contributed by atoms with E-state index in [9.17, 15) is 4.79 Å². The van der Waals surface area contributed by atoms with Crippen LogP contribution in [-0.4, -0.2) is 95.5 Å². The van der Waals surface area contributed by atoms with E-state index < -0.39 is 0 Å². The number of piperidine rings is 1. The monoisotopic (exact) mass is 389 g/mol. The molecule has 3 aliphatic heterocycles. The molecule has 2 atom stereocenters. The van der Waals surface area contributed by atoms with Crippen molar-refractivity contribution in [1.82, 2.24) is 24.5 Å². The van der Waals surface area contributed by atoms with Crippen LogP contribution in [0.4, 0.5) is 0 Å². The molecular formula is C21H35N5O2. The molecule has 0 saturated carbocycles. The fourth-order valence-corrected chi connectivity index (χ4v) is 5.13. The largest absolute Gasteiger partial charge is 0.373 e. The normalized spacial score (nSPS) is 29.7. The molecule has 0 bridgehead atoms. The predicted octanol–water partition coefficient (Wildman–Crippen LogP) is 1.47. The van der Waals surface area contributed by atoms with Crippen LogP contribution in [0.15, 0.2) is 6.07 Å². The zero-order valence-corrected chi connectivity index (χ0v) is 17.7. The number of ether oxygens (including phenoxy) is 1. The van der Waals surface area contributed by atoms with Crippen LogP contribution in [0, 0.1) is 12.8 Å². The summed E-state index contributed by atoms with van der Waals surface area (Å²) in [5.41, 5.74) is 1.47. The van der Waals surface area contributed by atoms with Gasteiger partial charge < -0.3 is 19.4 Å². The summed E-state index contributed by atoms with van der Waals surface area (Å²) in [5, 5.41) is 4.45. The number of aryl methyl sites for hydroxylation is 2. The van der Waals surface area contributed by atoms with Crippen LogP contribution in [0.2, 0.25) is 0 Å². The molecule has 156 valence electrons. The van der Waals surface area contributed by atoms with Crippen LogP contribution in [-0.2, 0) is 11.3 Å². The third kappa shape index (κ3) is 4.11. The molecular weight excluding hydrogens is 354 g/mol. The Morgan fingerprint density at radius 1 is 1.29 bits per heavy atom. The lowest BCUT2D eigenvalue weighted by atomic mass is 9.86. The number of likely N-dealkylation sites (tertiary alicyclic amines) is 1. The second kappa shape index (κ2) is 8.13. The summed E-state index contributed by atoms with van der Waals surface area (Å²) >= 11 is 0. The van der Waals surface area contributed by atoms with Crippen LogP contribution < -0.4 is 0 Å². The number of aromatic nitrogens is 2. The van der Waals surface area contributed by atoms with E-state index in [2.05, 4.69) is 21.9 Å². The predicted molar refractivity (Wildman–Crippen MR) is 109 cm³/mol. The second-order valence-corrected chi connectivity index (χ2v) is 8.99. The van der Waals surface area contributed by atoms with Crippen LogP contribution >= 0.6 is 0 Å². The first-order chi connectivity index (χ1) is 13.5. The average Bonchev–Trinajstić information content (AvgIpc) is 3.26. The van der Waals surface area contributed by atoms with Gasteiger partial charge in [0.25, 0.3) is 5.91 Å². The quantitative estimate of drug-likeness (QED) is 0.781. The lowest BCUT2D eigenvalue weighted by Crippen LogP contribution is -2.50. The molecule has 0 N–H and O–H groups in total. The lowest BCUT2D eigenvalue weighted by Gasteiger charge is -2.40. The van der Waals surface area contributed by atoms with Crippen LogP contribution in [0.3, 0.4) is 0 Å². The highest BCUT2D eigenvalue weighted by Crippen LogP contribution is 2.38. The minimum absolute atomic E-state index is 0.104.